The Morgan fingerprint density at radius 3 is 2.57 bits per heavy atom. The highest BCUT2D eigenvalue weighted by Gasteiger charge is 2.49. The minimum Gasteiger partial charge on any atom is -0.497 e. The summed E-state index contributed by atoms with van der Waals surface area (Å²) >= 11 is 0. The molecule has 0 aromatic heterocycles. The van der Waals surface area contributed by atoms with Crippen LogP contribution in [0.5, 0.6) is 5.75 Å². The van der Waals surface area contributed by atoms with Gasteiger partial charge in [-0.25, -0.2) is 4.99 Å². The Bertz CT molecular complexity index is 1530. The van der Waals surface area contributed by atoms with Gasteiger partial charge in [0.15, 0.2) is 11.5 Å². The van der Waals surface area contributed by atoms with Crippen LogP contribution in [0.4, 0.5) is 0 Å². The van der Waals surface area contributed by atoms with Gasteiger partial charge >= 0.3 is 0 Å². The van der Waals surface area contributed by atoms with E-state index in [1.54, 1.807) is 25.2 Å². The first-order valence-corrected chi connectivity index (χ1v) is 13.3. The van der Waals surface area contributed by atoms with E-state index in [0.717, 1.165) is 12.0 Å². The molecule has 0 saturated carbocycles. The van der Waals surface area contributed by atoms with Crippen molar-refractivity contribution in [3.63, 3.8) is 0 Å². The van der Waals surface area contributed by atoms with Crippen LogP contribution < -0.4 is 10.5 Å². The SMILES string of the molecule is COc1cc(CS(=O)(=O)O)cc(-c2cccc(C3(c4ccc5c(c4)COCC5)N=C(N)N(C)C3=O)c2)c1. The number of fused-ring (bicyclic) bond motifs is 1. The molecular weight excluding hydrogens is 494 g/mol. The third-order valence-electron chi connectivity index (χ3n) is 6.80. The lowest BCUT2D eigenvalue weighted by molar-refractivity contribution is -0.129. The van der Waals surface area contributed by atoms with E-state index in [9.17, 15) is 17.8 Å². The molecule has 1 amide bonds. The van der Waals surface area contributed by atoms with E-state index in [0.29, 0.717) is 46.8 Å². The van der Waals surface area contributed by atoms with Gasteiger partial charge in [-0.15, -0.1) is 0 Å². The third kappa shape index (κ3) is 4.59. The van der Waals surface area contributed by atoms with Crippen molar-refractivity contribution in [1.29, 1.82) is 0 Å². The predicted octanol–water partition coefficient (Wildman–Crippen LogP) is 2.85. The third-order valence-corrected chi connectivity index (χ3v) is 7.50. The van der Waals surface area contributed by atoms with Gasteiger partial charge < -0.3 is 15.2 Å². The van der Waals surface area contributed by atoms with Crippen LogP contribution in [0.25, 0.3) is 11.1 Å². The number of methoxy groups -OCH3 is 1. The highest BCUT2D eigenvalue weighted by molar-refractivity contribution is 7.85. The molecule has 0 spiro atoms. The molecule has 5 rings (SSSR count). The van der Waals surface area contributed by atoms with E-state index >= 15 is 0 Å². The zero-order chi connectivity index (χ0) is 26.4. The monoisotopic (exact) mass is 521 g/mol. The van der Waals surface area contributed by atoms with Crippen molar-refractivity contribution in [2.45, 2.75) is 24.3 Å². The second-order valence-electron chi connectivity index (χ2n) is 9.21. The zero-order valence-electron chi connectivity index (χ0n) is 20.5. The Hall–Kier alpha value is -3.73. The largest absolute Gasteiger partial charge is 0.497 e. The molecule has 3 aromatic rings. The number of amides is 1. The zero-order valence-corrected chi connectivity index (χ0v) is 21.3. The first-order valence-electron chi connectivity index (χ1n) is 11.7. The second-order valence-corrected chi connectivity index (χ2v) is 10.7. The quantitative estimate of drug-likeness (QED) is 0.477. The molecule has 0 fully saturated rings. The van der Waals surface area contributed by atoms with E-state index < -0.39 is 21.4 Å². The van der Waals surface area contributed by atoms with Gasteiger partial charge in [0, 0.05) is 7.05 Å². The maximum Gasteiger partial charge on any atom is 0.269 e. The first kappa shape index (κ1) is 24.9. The lowest BCUT2D eigenvalue weighted by Crippen LogP contribution is -2.41. The summed E-state index contributed by atoms with van der Waals surface area (Å²) in [6, 6.07) is 18.2. The minimum absolute atomic E-state index is 0.112. The van der Waals surface area contributed by atoms with Gasteiger partial charge in [-0.1, -0.05) is 30.3 Å². The first-order chi connectivity index (χ1) is 17.6. The number of ether oxygens (including phenoxy) is 2. The smallest absolute Gasteiger partial charge is 0.269 e. The molecule has 0 radical (unpaired) electrons. The number of benzene rings is 3. The van der Waals surface area contributed by atoms with Crippen molar-refractivity contribution < 1.29 is 27.2 Å². The standard InChI is InChI=1S/C27H27N3O6S/c1-30-25(31)27(29-26(30)28,23-7-6-18-8-9-36-15-21(18)13-23)22-5-3-4-19(12-22)20-10-17(16-37(32,33)34)11-24(14-20)35-2/h3-7,10-14H,8-9,15-16H2,1-2H3,(H2,28,29)(H,32,33,34). The highest BCUT2D eigenvalue weighted by atomic mass is 32.2. The molecule has 0 aliphatic carbocycles. The maximum absolute atomic E-state index is 13.8. The topological polar surface area (TPSA) is 132 Å². The molecule has 0 bridgehead atoms. The number of carbonyl (C=O) groups is 1. The van der Waals surface area contributed by atoms with Crippen molar-refractivity contribution in [2.24, 2.45) is 10.7 Å². The average Bonchev–Trinajstić information content (AvgIpc) is 3.12. The van der Waals surface area contributed by atoms with Crippen LogP contribution in [-0.2, 0) is 44.0 Å². The number of carbonyl (C=O) groups excluding carboxylic acids is 1. The van der Waals surface area contributed by atoms with Crippen LogP contribution >= 0.6 is 0 Å². The molecule has 3 N–H and O–H groups in total. The Morgan fingerprint density at radius 2 is 1.86 bits per heavy atom. The number of hydrogen-bond acceptors (Lipinski definition) is 7. The summed E-state index contributed by atoms with van der Waals surface area (Å²) in [5.74, 6) is -0.287. The average molecular weight is 522 g/mol. The number of nitrogens with zero attached hydrogens (tertiary/aromatic N) is 2. The van der Waals surface area contributed by atoms with E-state index in [2.05, 4.69) is 0 Å². The predicted molar refractivity (Wildman–Crippen MR) is 139 cm³/mol. The van der Waals surface area contributed by atoms with Gasteiger partial charge in [-0.05, 0) is 75.7 Å². The summed E-state index contributed by atoms with van der Waals surface area (Å²) in [5, 5.41) is 0. The van der Waals surface area contributed by atoms with Crippen LogP contribution in [0.2, 0.25) is 0 Å². The molecule has 1 unspecified atom stereocenters. The van der Waals surface area contributed by atoms with Gasteiger partial charge in [-0.2, -0.15) is 8.42 Å². The summed E-state index contributed by atoms with van der Waals surface area (Å²) < 4.78 is 43.4. The molecule has 0 saturated heterocycles. The van der Waals surface area contributed by atoms with Crippen LogP contribution in [-0.4, -0.2) is 50.5 Å². The van der Waals surface area contributed by atoms with Crippen LogP contribution in [0.3, 0.4) is 0 Å². The van der Waals surface area contributed by atoms with Gasteiger partial charge in [0.1, 0.15) is 11.5 Å². The Balaban J connectivity index is 1.67. The normalized spacial score (nSPS) is 19.5. The molecule has 2 heterocycles. The van der Waals surface area contributed by atoms with Gasteiger partial charge in [-0.3, -0.25) is 14.2 Å². The van der Waals surface area contributed by atoms with Gasteiger partial charge in [0.05, 0.1) is 20.3 Å². The van der Waals surface area contributed by atoms with Crippen LogP contribution in [0.1, 0.15) is 27.8 Å². The summed E-state index contributed by atoms with van der Waals surface area (Å²) in [4.78, 5) is 19.8. The fourth-order valence-electron chi connectivity index (χ4n) is 4.94. The Labute approximate surface area is 215 Å². The molecule has 2 aliphatic rings. The number of likely N-dealkylation sites (N-methyl/N-ethyl adjacent to an activating group) is 1. The lowest BCUT2D eigenvalue weighted by Gasteiger charge is -2.28. The van der Waals surface area contributed by atoms with Crippen molar-refractivity contribution in [3.8, 4) is 16.9 Å². The molecule has 192 valence electrons. The molecular formula is C27H27N3O6S. The Kier molecular flexibility index (Phi) is 6.26. The fraction of sp³-hybridized carbons (Fsp3) is 0.259. The van der Waals surface area contributed by atoms with Crippen LogP contribution in [0, 0.1) is 0 Å². The second kappa shape index (κ2) is 9.29. The lowest BCUT2D eigenvalue weighted by atomic mass is 9.80. The molecule has 37 heavy (non-hydrogen) atoms. The fourth-order valence-corrected chi connectivity index (χ4v) is 5.53. The van der Waals surface area contributed by atoms with Crippen molar-refractivity contribution in [1.82, 2.24) is 4.90 Å². The molecule has 10 heteroatoms. The van der Waals surface area contributed by atoms with E-state index in [-0.39, 0.29) is 11.9 Å². The number of rotatable bonds is 6. The number of guanidine groups is 1. The molecule has 2 aliphatic heterocycles. The summed E-state index contributed by atoms with van der Waals surface area (Å²) in [6.07, 6.45) is 0.805. The molecule has 3 aromatic carbocycles. The summed E-state index contributed by atoms with van der Waals surface area (Å²) in [7, 11) is -1.17. The Morgan fingerprint density at radius 1 is 1.08 bits per heavy atom. The minimum atomic E-state index is -4.24. The van der Waals surface area contributed by atoms with Crippen molar-refractivity contribution >= 4 is 22.0 Å². The summed E-state index contributed by atoms with van der Waals surface area (Å²) in [6.45, 7) is 1.12. The van der Waals surface area contributed by atoms with E-state index in [1.807, 2.05) is 42.5 Å². The molecule has 9 nitrogen and oxygen atoms in total. The van der Waals surface area contributed by atoms with E-state index in [4.69, 9.17) is 20.2 Å². The van der Waals surface area contributed by atoms with E-state index in [1.165, 1.54) is 17.6 Å². The number of nitrogens with two attached hydrogens (primary N) is 1. The van der Waals surface area contributed by atoms with Gasteiger partial charge in [0.2, 0.25) is 0 Å². The van der Waals surface area contributed by atoms with Crippen molar-refractivity contribution in [3.05, 3.63) is 88.5 Å². The highest BCUT2D eigenvalue weighted by Crippen LogP contribution is 2.42. The van der Waals surface area contributed by atoms with Gasteiger partial charge in [0.25, 0.3) is 16.0 Å². The molecule has 1 atom stereocenters. The number of aliphatic imine (C=N–C) groups is 1. The summed E-state index contributed by atoms with van der Waals surface area (Å²) in [5.41, 5.74) is 9.98. The maximum atomic E-state index is 13.8. The number of hydrogen-bond donors (Lipinski definition) is 2. The van der Waals surface area contributed by atoms with Crippen molar-refractivity contribution in [2.75, 3.05) is 20.8 Å². The van der Waals surface area contributed by atoms with Crippen LogP contribution in [0.15, 0.2) is 65.7 Å².